The lowest BCUT2D eigenvalue weighted by Crippen LogP contribution is -2.18. The number of likely N-dealkylation sites (N-methyl/N-ethyl adjacent to an activating group) is 1. The molecule has 0 aliphatic carbocycles. The molecule has 0 saturated heterocycles. The van der Waals surface area contributed by atoms with E-state index >= 15 is 0 Å². The van der Waals surface area contributed by atoms with Crippen molar-refractivity contribution in [3.63, 3.8) is 0 Å². The number of aromatic nitrogens is 3. The molecule has 2 aromatic heterocycles. The fourth-order valence-corrected chi connectivity index (χ4v) is 2.82. The monoisotopic (exact) mass is 300 g/mol. The zero-order chi connectivity index (χ0) is 11.5. The molecule has 0 aliphatic rings. The standard InChI is InChI=1S/C10H13BrN4S/c1-12-9(7-3-10(11)16-6-7)4-8-5-15(2)14-13-8/h3,5-6,9,12H,4H2,1-2H3. The lowest BCUT2D eigenvalue weighted by atomic mass is 10.1. The van der Waals surface area contributed by atoms with Crippen molar-refractivity contribution in [2.45, 2.75) is 12.5 Å². The highest BCUT2D eigenvalue weighted by molar-refractivity contribution is 9.11. The molecule has 1 atom stereocenters. The van der Waals surface area contributed by atoms with E-state index in [-0.39, 0.29) is 0 Å². The van der Waals surface area contributed by atoms with Gasteiger partial charge < -0.3 is 5.32 Å². The van der Waals surface area contributed by atoms with Gasteiger partial charge in [-0.2, -0.15) is 0 Å². The Labute approximate surface area is 107 Å². The minimum absolute atomic E-state index is 0.291. The van der Waals surface area contributed by atoms with Crippen molar-refractivity contribution in [2.75, 3.05) is 7.05 Å². The highest BCUT2D eigenvalue weighted by Gasteiger charge is 2.13. The van der Waals surface area contributed by atoms with E-state index in [1.165, 1.54) is 5.56 Å². The molecule has 0 aromatic carbocycles. The van der Waals surface area contributed by atoms with Gasteiger partial charge in [0.2, 0.25) is 0 Å². The number of hydrogen-bond acceptors (Lipinski definition) is 4. The molecule has 0 saturated carbocycles. The molecule has 0 amide bonds. The van der Waals surface area contributed by atoms with Crippen molar-refractivity contribution >= 4 is 27.3 Å². The SMILES string of the molecule is CNC(Cc1cn(C)nn1)c1csc(Br)c1. The molecule has 0 spiro atoms. The van der Waals surface area contributed by atoms with Crippen LogP contribution in [0.25, 0.3) is 0 Å². The summed E-state index contributed by atoms with van der Waals surface area (Å²) in [6.45, 7) is 0. The van der Waals surface area contributed by atoms with Crippen LogP contribution in [0.4, 0.5) is 0 Å². The van der Waals surface area contributed by atoms with Crippen LogP contribution in [-0.2, 0) is 13.5 Å². The Hall–Kier alpha value is -0.720. The highest BCUT2D eigenvalue weighted by atomic mass is 79.9. The van der Waals surface area contributed by atoms with Gasteiger partial charge in [0.05, 0.1) is 9.48 Å². The molecule has 2 aromatic rings. The minimum atomic E-state index is 0.291. The molecule has 1 N–H and O–H groups in total. The number of hydrogen-bond donors (Lipinski definition) is 1. The molecule has 1 unspecified atom stereocenters. The van der Waals surface area contributed by atoms with Crippen LogP contribution in [0.3, 0.4) is 0 Å². The number of aryl methyl sites for hydroxylation is 1. The van der Waals surface area contributed by atoms with Gasteiger partial charge in [0.25, 0.3) is 0 Å². The lowest BCUT2D eigenvalue weighted by molar-refractivity contribution is 0.585. The fraction of sp³-hybridized carbons (Fsp3) is 0.400. The second-order valence-corrected chi connectivity index (χ2v) is 5.90. The Bertz CT molecular complexity index is 465. The summed E-state index contributed by atoms with van der Waals surface area (Å²) in [6, 6.07) is 2.43. The first-order valence-corrected chi connectivity index (χ1v) is 6.62. The number of nitrogens with zero attached hydrogens (tertiary/aromatic N) is 3. The van der Waals surface area contributed by atoms with E-state index in [0.29, 0.717) is 6.04 Å². The van der Waals surface area contributed by atoms with Gasteiger partial charge >= 0.3 is 0 Å². The van der Waals surface area contributed by atoms with Crippen molar-refractivity contribution in [3.8, 4) is 0 Å². The number of thiophene rings is 1. The molecule has 2 heterocycles. The maximum Gasteiger partial charge on any atom is 0.0845 e. The van der Waals surface area contributed by atoms with E-state index in [0.717, 1.165) is 15.9 Å². The van der Waals surface area contributed by atoms with Gasteiger partial charge in [-0.25, -0.2) is 0 Å². The number of nitrogens with one attached hydrogen (secondary N) is 1. The Morgan fingerprint density at radius 1 is 1.62 bits per heavy atom. The predicted molar refractivity (Wildman–Crippen MR) is 68.5 cm³/mol. The third-order valence-corrected chi connectivity index (χ3v) is 3.92. The number of rotatable bonds is 4. The van der Waals surface area contributed by atoms with Gasteiger partial charge in [0, 0.05) is 25.7 Å². The maximum atomic E-state index is 4.10. The zero-order valence-corrected chi connectivity index (χ0v) is 11.5. The van der Waals surface area contributed by atoms with Crippen molar-refractivity contribution in [1.29, 1.82) is 0 Å². The van der Waals surface area contributed by atoms with Gasteiger partial charge in [-0.15, -0.1) is 16.4 Å². The molecule has 2 rings (SSSR count). The summed E-state index contributed by atoms with van der Waals surface area (Å²) in [4.78, 5) is 0. The van der Waals surface area contributed by atoms with Crippen LogP contribution >= 0.6 is 27.3 Å². The maximum absolute atomic E-state index is 4.10. The summed E-state index contributed by atoms with van der Waals surface area (Å²) in [5.74, 6) is 0. The Morgan fingerprint density at radius 3 is 2.94 bits per heavy atom. The van der Waals surface area contributed by atoms with Gasteiger partial charge in [-0.3, -0.25) is 4.68 Å². The zero-order valence-electron chi connectivity index (χ0n) is 9.14. The van der Waals surface area contributed by atoms with Crippen LogP contribution in [0.15, 0.2) is 21.4 Å². The average molecular weight is 301 g/mol. The van der Waals surface area contributed by atoms with Crippen LogP contribution in [0.2, 0.25) is 0 Å². The third kappa shape index (κ3) is 2.69. The van der Waals surface area contributed by atoms with Gasteiger partial charge in [0.1, 0.15) is 0 Å². The third-order valence-electron chi connectivity index (χ3n) is 2.40. The van der Waals surface area contributed by atoms with Crippen LogP contribution in [0, 0.1) is 0 Å². The molecule has 0 bridgehead atoms. The lowest BCUT2D eigenvalue weighted by Gasteiger charge is -2.12. The molecule has 0 aliphatic heterocycles. The Balaban J connectivity index is 2.12. The smallest absolute Gasteiger partial charge is 0.0845 e. The van der Waals surface area contributed by atoms with Crippen LogP contribution in [0.1, 0.15) is 17.3 Å². The van der Waals surface area contributed by atoms with Crippen LogP contribution in [-0.4, -0.2) is 22.0 Å². The average Bonchev–Trinajstić information content (AvgIpc) is 2.84. The molecule has 16 heavy (non-hydrogen) atoms. The summed E-state index contributed by atoms with van der Waals surface area (Å²) in [7, 11) is 3.85. The molecular formula is C10H13BrN4S. The summed E-state index contributed by atoms with van der Waals surface area (Å²) >= 11 is 5.18. The second kappa shape index (κ2) is 5.07. The summed E-state index contributed by atoms with van der Waals surface area (Å²) < 4.78 is 2.88. The first-order chi connectivity index (χ1) is 7.69. The molecule has 4 nitrogen and oxygen atoms in total. The molecule has 86 valence electrons. The molecule has 0 fully saturated rings. The largest absolute Gasteiger partial charge is 0.313 e. The van der Waals surface area contributed by atoms with Crippen molar-refractivity contribution in [1.82, 2.24) is 20.3 Å². The minimum Gasteiger partial charge on any atom is -0.313 e. The summed E-state index contributed by atoms with van der Waals surface area (Å²) in [5, 5.41) is 13.5. The Morgan fingerprint density at radius 2 is 2.44 bits per heavy atom. The summed E-state index contributed by atoms with van der Waals surface area (Å²) in [5.41, 5.74) is 2.29. The normalized spacial score (nSPS) is 12.9. The van der Waals surface area contributed by atoms with E-state index in [2.05, 4.69) is 43.0 Å². The first-order valence-electron chi connectivity index (χ1n) is 4.95. The molecule has 6 heteroatoms. The molecular weight excluding hydrogens is 288 g/mol. The van der Waals surface area contributed by atoms with E-state index in [4.69, 9.17) is 0 Å². The summed E-state index contributed by atoms with van der Waals surface area (Å²) in [6.07, 6.45) is 2.80. The van der Waals surface area contributed by atoms with Gasteiger partial charge in [-0.1, -0.05) is 5.21 Å². The van der Waals surface area contributed by atoms with E-state index in [1.807, 2.05) is 20.3 Å². The van der Waals surface area contributed by atoms with Crippen molar-refractivity contribution < 1.29 is 0 Å². The van der Waals surface area contributed by atoms with E-state index in [9.17, 15) is 0 Å². The van der Waals surface area contributed by atoms with Crippen LogP contribution in [0.5, 0.6) is 0 Å². The fourth-order valence-electron chi connectivity index (χ4n) is 1.59. The Kier molecular flexibility index (Phi) is 3.73. The predicted octanol–water partition coefficient (Wildman–Crippen LogP) is 2.14. The van der Waals surface area contributed by atoms with Gasteiger partial charge in [-0.05, 0) is 40.0 Å². The second-order valence-electron chi connectivity index (χ2n) is 3.61. The quantitative estimate of drug-likeness (QED) is 0.941. The highest BCUT2D eigenvalue weighted by Crippen LogP contribution is 2.26. The van der Waals surface area contributed by atoms with Gasteiger partial charge in [0.15, 0.2) is 0 Å². The molecule has 0 radical (unpaired) electrons. The topological polar surface area (TPSA) is 42.7 Å². The van der Waals surface area contributed by atoms with E-state index in [1.54, 1.807) is 16.0 Å². The van der Waals surface area contributed by atoms with Crippen molar-refractivity contribution in [2.24, 2.45) is 7.05 Å². The van der Waals surface area contributed by atoms with Crippen molar-refractivity contribution in [3.05, 3.63) is 32.7 Å². The first kappa shape index (κ1) is 11.8. The van der Waals surface area contributed by atoms with Crippen LogP contribution < -0.4 is 5.32 Å². The van der Waals surface area contributed by atoms with E-state index < -0.39 is 0 Å². The number of halogens is 1.